The smallest absolute Gasteiger partial charge is 0.350 e. The minimum atomic E-state index is -4.51. The zero-order chi connectivity index (χ0) is 20.0. The summed E-state index contributed by atoms with van der Waals surface area (Å²) >= 11 is 0. The maximum Gasteiger partial charge on any atom is 0.416 e. The van der Waals surface area contributed by atoms with Crippen molar-refractivity contribution in [3.8, 4) is 0 Å². The summed E-state index contributed by atoms with van der Waals surface area (Å²) in [6.07, 6.45) is -3.70. The first-order valence-electron chi connectivity index (χ1n) is 8.56. The van der Waals surface area contributed by atoms with Gasteiger partial charge in [-0.1, -0.05) is 25.1 Å². The molecule has 2 N–H and O–H groups in total. The summed E-state index contributed by atoms with van der Waals surface area (Å²) in [7, 11) is 0. The lowest BCUT2D eigenvalue weighted by Gasteiger charge is -2.12. The van der Waals surface area contributed by atoms with Gasteiger partial charge in [0.25, 0.3) is 11.8 Å². The second kappa shape index (κ2) is 8.70. The molecule has 0 bridgehead atoms. The Bertz CT molecular complexity index is 819. The van der Waals surface area contributed by atoms with Crippen molar-refractivity contribution in [1.82, 2.24) is 10.6 Å². The first-order chi connectivity index (χ1) is 12.7. The van der Waals surface area contributed by atoms with Gasteiger partial charge in [0.15, 0.2) is 0 Å². The van der Waals surface area contributed by atoms with Gasteiger partial charge in [0, 0.05) is 23.7 Å². The number of amides is 2. The summed E-state index contributed by atoms with van der Waals surface area (Å²) < 4.78 is 38.2. The molecule has 0 saturated heterocycles. The number of rotatable bonds is 6. The van der Waals surface area contributed by atoms with E-state index in [1.54, 1.807) is 24.3 Å². The van der Waals surface area contributed by atoms with Crippen LogP contribution in [0.1, 0.15) is 52.1 Å². The Morgan fingerprint density at radius 3 is 2.26 bits per heavy atom. The lowest BCUT2D eigenvalue weighted by Crippen LogP contribution is -2.32. The molecule has 0 spiro atoms. The van der Waals surface area contributed by atoms with Gasteiger partial charge in [-0.05, 0) is 49.2 Å². The molecule has 7 heteroatoms. The van der Waals surface area contributed by atoms with E-state index >= 15 is 0 Å². The number of nitrogens with one attached hydrogen (secondary N) is 2. The summed E-state index contributed by atoms with van der Waals surface area (Å²) in [5.41, 5.74) is 0.183. The molecule has 0 saturated carbocycles. The van der Waals surface area contributed by atoms with Crippen molar-refractivity contribution < 1.29 is 22.8 Å². The molecular formula is C20H21F3N2O2. The molecule has 0 radical (unpaired) electrons. The van der Waals surface area contributed by atoms with Crippen LogP contribution >= 0.6 is 0 Å². The third-order valence-electron chi connectivity index (χ3n) is 4.08. The van der Waals surface area contributed by atoms with Gasteiger partial charge in [-0.2, -0.15) is 13.2 Å². The van der Waals surface area contributed by atoms with Crippen molar-refractivity contribution in [3.05, 3.63) is 70.8 Å². The van der Waals surface area contributed by atoms with E-state index in [0.717, 1.165) is 18.6 Å². The van der Waals surface area contributed by atoms with Crippen LogP contribution in [0.4, 0.5) is 13.2 Å². The van der Waals surface area contributed by atoms with Gasteiger partial charge in [0.2, 0.25) is 0 Å². The highest BCUT2D eigenvalue weighted by molar-refractivity contribution is 5.95. The molecule has 2 aromatic rings. The minimum Gasteiger partial charge on any atom is -0.350 e. The van der Waals surface area contributed by atoms with E-state index in [2.05, 4.69) is 10.6 Å². The fraction of sp³-hybridized carbons (Fsp3) is 0.300. The number of benzene rings is 2. The fourth-order valence-corrected chi connectivity index (χ4v) is 2.35. The molecule has 1 unspecified atom stereocenters. The van der Waals surface area contributed by atoms with E-state index in [1.165, 1.54) is 12.1 Å². The van der Waals surface area contributed by atoms with Crippen LogP contribution in [-0.2, 0) is 12.7 Å². The first-order valence-corrected chi connectivity index (χ1v) is 8.56. The van der Waals surface area contributed by atoms with E-state index in [4.69, 9.17) is 0 Å². The standard InChI is InChI=1S/C20H21F3N2O2/c1-3-13(2)25-19(27)15-7-4-6-14(10-15)12-24-18(26)16-8-5-9-17(11-16)20(21,22)23/h4-11,13H,3,12H2,1-2H3,(H,24,26)(H,25,27). The van der Waals surface area contributed by atoms with Crippen molar-refractivity contribution in [3.63, 3.8) is 0 Å². The number of hydrogen-bond donors (Lipinski definition) is 2. The lowest BCUT2D eigenvalue weighted by atomic mass is 10.1. The van der Waals surface area contributed by atoms with Crippen LogP contribution in [0.2, 0.25) is 0 Å². The Kier molecular flexibility index (Phi) is 6.60. The average Bonchev–Trinajstić information content (AvgIpc) is 2.65. The molecule has 144 valence electrons. The third kappa shape index (κ3) is 5.84. The predicted octanol–water partition coefficient (Wildman–Crippen LogP) is 4.16. The van der Waals surface area contributed by atoms with Crippen LogP contribution in [0.3, 0.4) is 0 Å². The van der Waals surface area contributed by atoms with Crippen LogP contribution in [0, 0.1) is 0 Å². The van der Waals surface area contributed by atoms with Gasteiger partial charge in [0.1, 0.15) is 0 Å². The van der Waals surface area contributed by atoms with Crippen LogP contribution in [-0.4, -0.2) is 17.9 Å². The highest BCUT2D eigenvalue weighted by atomic mass is 19.4. The topological polar surface area (TPSA) is 58.2 Å². The highest BCUT2D eigenvalue weighted by Gasteiger charge is 2.30. The van der Waals surface area contributed by atoms with Crippen LogP contribution in [0.15, 0.2) is 48.5 Å². The molecule has 0 aromatic heterocycles. The number of carbonyl (C=O) groups is 2. The second-order valence-corrected chi connectivity index (χ2v) is 6.24. The molecule has 27 heavy (non-hydrogen) atoms. The Morgan fingerprint density at radius 2 is 1.63 bits per heavy atom. The first kappa shape index (κ1) is 20.5. The minimum absolute atomic E-state index is 0.0433. The number of hydrogen-bond acceptors (Lipinski definition) is 2. The van der Waals surface area contributed by atoms with E-state index in [9.17, 15) is 22.8 Å². The largest absolute Gasteiger partial charge is 0.416 e. The molecule has 0 aliphatic heterocycles. The Balaban J connectivity index is 2.03. The van der Waals surface area contributed by atoms with Crippen LogP contribution in [0.5, 0.6) is 0 Å². The van der Waals surface area contributed by atoms with Crippen LogP contribution < -0.4 is 10.6 Å². The highest BCUT2D eigenvalue weighted by Crippen LogP contribution is 2.29. The van der Waals surface area contributed by atoms with E-state index in [-0.39, 0.29) is 24.1 Å². The summed E-state index contributed by atoms with van der Waals surface area (Å²) in [5.74, 6) is -0.828. The molecule has 2 rings (SSSR count). The summed E-state index contributed by atoms with van der Waals surface area (Å²) in [4.78, 5) is 24.3. The van der Waals surface area contributed by atoms with Gasteiger partial charge in [-0.3, -0.25) is 9.59 Å². The molecule has 1 atom stereocenters. The Morgan fingerprint density at radius 1 is 1.00 bits per heavy atom. The maximum atomic E-state index is 12.7. The summed E-state index contributed by atoms with van der Waals surface area (Å²) in [6, 6.07) is 11.0. The van der Waals surface area contributed by atoms with Gasteiger partial charge in [-0.15, -0.1) is 0 Å². The number of alkyl halides is 3. The van der Waals surface area contributed by atoms with Gasteiger partial charge in [0.05, 0.1) is 5.56 Å². The number of carbonyl (C=O) groups excluding carboxylic acids is 2. The normalized spacial score (nSPS) is 12.3. The number of halogens is 3. The van der Waals surface area contributed by atoms with Crippen molar-refractivity contribution in [1.29, 1.82) is 0 Å². The average molecular weight is 378 g/mol. The predicted molar refractivity (Wildman–Crippen MR) is 96.3 cm³/mol. The van der Waals surface area contributed by atoms with E-state index in [0.29, 0.717) is 11.1 Å². The zero-order valence-corrected chi connectivity index (χ0v) is 15.1. The molecule has 2 amide bonds. The van der Waals surface area contributed by atoms with E-state index < -0.39 is 17.6 Å². The SMILES string of the molecule is CCC(C)NC(=O)c1cccc(CNC(=O)c2cccc(C(F)(F)F)c2)c1. The van der Waals surface area contributed by atoms with Gasteiger partial charge >= 0.3 is 6.18 Å². The monoisotopic (exact) mass is 378 g/mol. The zero-order valence-electron chi connectivity index (χ0n) is 15.1. The molecule has 0 aliphatic rings. The summed E-state index contributed by atoms with van der Waals surface area (Å²) in [6.45, 7) is 3.96. The summed E-state index contributed by atoms with van der Waals surface area (Å²) in [5, 5.41) is 5.43. The molecule has 2 aromatic carbocycles. The molecule has 4 nitrogen and oxygen atoms in total. The Hall–Kier alpha value is -2.83. The maximum absolute atomic E-state index is 12.7. The second-order valence-electron chi connectivity index (χ2n) is 6.24. The van der Waals surface area contributed by atoms with Gasteiger partial charge < -0.3 is 10.6 Å². The lowest BCUT2D eigenvalue weighted by molar-refractivity contribution is -0.137. The Labute approximate surface area is 155 Å². The quantitative estimate of drug-likeness (QED) is 0.793. The van der Waals surface area contributed by atoms with Crippen molar-refractivity contribution >= 4 is 11.8 Å². The fourth-order valence-electron chi connectivity index (χ4n) is 2.35. The van der Waals surface area contributed by atoms with Crippen molar-refractivity contribution in [2.75, 3.05) is 0 Å². The molecule has 0 aliphatic carbocycles. The molecule has 0 fully saturated rings. The van der Waals surface area contributed by atoms with Crippen LogP contribution in [0.25, 0.3) is 0 Å². The van der Waals surface area contributed by atoms with Crippen molar-refractivity contribution in [2.24, 2.45) is 0 Å². The van der Waals surface area contributed by atoms with E-state index in [1.807, 2.05) is 13.8 Å². The van der Waals surface area contributed by atoms with Crippen molar-refractivity contribution in [2.45, 2.75) is 39.0 Å². The molecular weight excluding hydrogens is 357 g/mol. The third-order valence-corrected chi connectivity index (χ3v) is 4.08. The van der Waals surface area contributed by atoms with Gasteiger partial charge in [-0.25, -0.2) is 0 Å². The molecule has 0 heterocycles.